The Hall–Kier alpha value is -1.99. The molecule has 4 heteroatoms. The van der Waals surface area contributed by atoms with Crippen molar-refractivity contribution < 1.29 is 14.6 Å². The molecule has 21 heavy (non-hydrogen) atoms. The van der Waals surface area contributed by atoms with Crippen LogP contribution in [0.5, 0.6) is 5.75 Å². The first-order chi connectivity index (χ1) is 10.2. The Labute approximate surface area is 125 Å². The van der Waals surface area contributed by atoms with Gasteiger partial charge >= 0.3 is 0 Å². The zero-order valence-electron chi connectivity index (χ0n) is 12.4. The molecular weight excluding hydrogens is 266 g/mol. The van der Waals surface area contributed by atoms with E-state index in [1.165, 1.54) is 0 Å². The van der Waals surface area contributed by atoms with E-state index < -0.39 is 0 Å². The zero-order chi connectivity index (χ0) is 15.1. The van der Waals surface area contributed by atoms with Gasteiger partial charge in [0.25, 0.3) is 0 Å². The zero-order valence-corrected chi connectivity index (χ0v) is 12.4. The highest BCUT2D eigenvalue weighted by atomic mass is 16.5. The van der Waals surface area contributed by atoms with Crippen molar-refractivity contribution in [3.8, 4) is 17.6 Å². The van der Waals surface area contributed by atoms with E-state index in [-0.39, 0.29) is 12.5 Å². The van der Waals surface area contributed by atoms with Crippen molar-refractivity contribution in [3.63, 3.8) is 0 Å². The summed E-state index contributed by atoms with van der Waals surface area (Å²) in [5.74, 6) is 6.91. The van der Waals surface area contributed by atoms with Crippen molar-refractivity contribution in [3.05, 3.63) is 29.3 Å². The van der Waals surface area contributed by atoms with Crippen LogP contribution in [0.25, 0.3) is 0 Å². The van der Waals surface area contributed by atoms with Gasteiger partial charge in [-0.2, -0.15) is 0 Å². The number of amides is 1. The van der Waals surface area contributed by atoms with Crippen LogP contribution in [0.1, 0.15) is 36.8 Å². The summed E-state index contributed by atoms with van der Waals surface area (Å²) in [5.41, 5.74) is 1.85. The van der Waals surface area contributed by atoms with Crippen LogP contribution in [0.2, 0.25) is 0 Å². The summed E-state index contributed by atoms with van der Waals surface area (Å²) < 4.78 is 5.38. The van der Waals surface area contributed by atoms with Gasteiger partial charge in [-0.1, -0.05) is 11.8 Å². The number of ether oxygens (including phenoxy) is 1. The number of rotatable bonds is 4. The molecule has 1 N–H and O–H groups in total. The number of benzene rings is 1. The fourth-order valence-electron chi connectivity index (χ4n) is 2.43. The van der Waals surface area contributed by atoms with E-state index >= 15 is 0 Å². The summed E-state index contributed by atoms with van der Waals surface area (Å²) in [6.45, 7) is 1.44. The van der Waals surface area contributed by atoms with Gasteiger partial charge in [0, 0.05) is 37.1 Å². The molecule has 1 heterocycles. The Kier molecular flexibility index (Phi) is 5.65. The summed E-state index contributed by atoms with van der Waals surface area (Å²) in [4.78, 5) is 13.8. The topological polar surface area (TPSA) is 49.8 Å². The molecule has 0 saturated carbocycles. The molecule has 1 fully saturated rings. The molecule has 0 aromatic heterocycles. The van der Waals surface area contributed by atoms with Gasteiger partial charge < -0.3 is 14.7 Å². The minimum absolute atomic E-state index is 0.0677. The third-order valence-corrected chi connectivity index (χ3v) is 3.53. The number of aliphatic hydroxyl groups excluding tert-OH is 1. The highest BCUT2D eigenvalue weighted by Gasteiger charge is 2.19. The summed E-state index contributed by atoms with van der Waals surface area (Å²) in [6.07, 6.45) is 3.15. The molecule has 0 bridgehead atoms. The first kappa shape index (κ1) is 15.4. The Morgan fingerprint density at radius 2 is 2.24 bits per heavy atom. The molecule has 0 atom stereocenters. The lowest BCUT2D eigenvalue weighted by Gasteiger charge is -2.27. The van der Waals surface area contributed by atoms with Gasteiger partial charge in [0.2, 0.25) is 5.91 Å². The number of carbonyl (C=O) groups excluding carboxylic acids is 1. The molecule has 4 nitrogen and oxygen atoms in total. The van der Waals surface area contributed by atoms with Crippen molar-refractivity contribution in [2.45, 2.75) is 32.2 Å². The van der Waals surface area contributed by atoms with Gasteiger partial charge in [0.1, 0.15) is 5.75 Å². The summed E-state index contributed by atoms with van der Waals surface area (Å²) in [7, 11) is 1.63. The maximum Gasteiger partial charge on any atom is 0.222 e. The van der Waals surface area contributed by atoms with Gasteiger partial charge in [0.15, 0.2) is 0 Å². The number of hydrogen-bond acceptors (Lipinski definition) is 3. The number of likely N-dealkylation sites (tertiary alicyclic amines) is 1. The lowest BCUT2D eigenvalue weighted by molar-refractivity contribution is -0.133. The molecule has 1 amide bonds. The maximum atomic E-state index is 11.9. The third kappa shape index (κ3) is 4.24. The van der Waals surface area contributed by atoms with E-state index in [1.54, 1.807) is 7.11 Å². The van der Waals surface area contributed by atoms with Crippen LogP contribution in [0.15, 0.2) is 18.2 Å². The Balaban J connectivity index is 2.17. The van der Waals surface area contributed by atoms with Crippen molar-refractivity contribution in [2.75, 3.05) is 20.3 Å². The molecule has 0 radical (unpaired) electrons. The lowest BCUT2D eigenvalue weighted by Crippen LogP contribution is -2.34. The van der Waals surface area contributed by atoms with Gasteiger partial charge in [-0.15, -0.1) is 0 Å². The fraction of sp³-hybridized carbons (Fsp3) is 0.471. The summed E-state index contributed by atoms with van der Waals surface area (Å²) in [6, 6.07) is 5.74. The summed E-state index contributed by atoms with van der Waals surface area (Å²) >= 11 is 0. The van der Waals surface area contributed by atoms with E-state index in [9.17, 15) is 4.79 Å². The normalized spacial score (nSPS) is 14.6. The van der Waals surface area contributed by atoms with Crippen molar-refractivity contribution in [2.24, 2.45) is 0 Å². The average molecular weight is 287 g/mol. The van der Waals surface area contributed by atoms with Crippen LogP contribution in [0.4, 0.5) is 0 Å². The molecule has 1 aliphatic rings. The van der Waals surface area contributed by atoms with E-state index in [4.69, 9.17) is 9.84 Å². The van der Waals surface area contributed by atoms with E-state index in [2.05, 4.69) is 11.8 Å². The Bertz CT molecular complexity index is 557. The van der Waals surface area contributed by atoms with Crippen molar-refractivity contribution in [1.82, 2.24) is 4.90 Å². The van der Waals surface area contributed by atoms with Crippen LogP contribution < -0.4 is 4.74 Å². The molecule has 1 aromatic rings. The minimum Gasteiger partial charge on any atom is -0.496 e. The lowest BCUT2D eigenvalue weighted by atomic mass is 10.1. The molecule has 0 spiro atoms. The molecule has 1 saturated heterocycles. The quantitative estimate of drug-likeness (QED) is 0.861. The number of piperidine rings is 1. The first-order valence-electron chi connectivity index (χ1n) is 7.29. The second kappa shape index (κ2) is 7.70. The van der Waals surface area contributed by atoms with Gasteiger partial charge in [-0.25, -0.2) is 0 Å². The van der Waals surface area contributed by atoms with E-state index in [0.29, 0.717) is 19.4 Å². The monoisotopic (exact) mass is 287 g/mol. The standard InChI is InChI=1S/C17H21NO3/c1-21-16-9-8-14(6-3-5-11-19)12-15(16)13-18-10-4-2-7-17(18)20/h8-9,12,19H,2,4-5,7,10-11,13H2,1H3. The van der Waals surface area contributed by atoms with Crippen LogP contribution in [-0.4, -0.2) is 36.2 Å². The highest BCUT2D eigenvalue weighted by molar-refractivity contribution is 5.76. The largest absolute Gasteiger partial charge is 0.496 e. The van der Waals surface area contributed by atoms with Gasteiger partial charge in [0.05, 0.1) is 13.7 Å². The Morgan fingerprint density at radius 3 is 2.95 bits per heavy atom. The number of methoxy groups -OCH3 is 1. The maximum absolute atomic E-state index is 11.9. The number of carbonyl (C=O) groups is 1. The highest BCUT2D eigenvalue weighted by Crippen LogP contribution is 2.23. The smallest absolute Gasteiger partial charge is 0.222 e. The second-order valence-corrected chi connectivity index (χ2v) is 5.07. The Morgan fingerprint density at radius 1 is 1.38 bits per heavy atom. The first-order valence-corrected chi connectivity index (χ1v) is 7.29. The van der Waals surface area contributed by atoms with Crippen LogP contribution in [0.3, 0.4) is 0 Å². The predicted octanol–water partition coefficient (Wildman–Crippen LogP) is 1.94. The van der Waals surface area contributed by atoms with Gasteiger partial charge in [-0.3, -0.25) is 4.79 Å². The van der Waals surface area contributed by atoms with Crippen LogP contribution >= 0.6 is 0 Å². The van der Waals surface area contributed by atoms with Crippen LogP contribution in [0, 0.1) is 11.8 Å². The molecule has 1 aliphatic heterocycles. The van der Waals surface area contributed by atoms with Crippen molar-refractivity contribution in [1.29, 1.82) is 0 Å². The number of nitrogens with zero attached hydrogens (tertiary/aromatic N) is 1. The SMILES string of the molecule is COc1ccc(C#CCCO)cc1CN1CCCCC1=O. The number of hydrogen-bond donors (Lipinski definition) is 1. The predicted molar refractivity (Wildman–Crippen MR) is 80.8 cm³/mol. The molecule has 0 unspecified atom stereocenters. The van der Waals surface area contributed by atoms with E-state index in [0.717, 1.165) is 36.3 Å². The minimum atomic E-state index is 0.0677. The molecule has 112 valence electrons. The fourth-order valence-corrected chi connectivity index (χ4v) is 2.43. The summed E-state index contributed by atoms with van der Waals surface area (Å²) in [5, 5.41) is 8.76. The van der Waals surface area contributed by atoms with Crippen LogP contribution in [-0.2, 0) is 11.3 Å². The molecule has 2 rings (SSSR count). The third-order valence-electron chi connectivity index (χ3n) is 3.53. The molecule has 0 aliphatic carbocycles. The van der Waals surface area contributed by atoms with Gasteiger partial charge in [-0.05, 0) is 31.0 Å². The van der Waals surface area contributed by atoms with E-state index in [1.807, 2.05) is 23.1 Å². The molecular formula is C17H21NO3. The average Bonchev–Trinajstić information content (AvgIpc) is 2.50. The number of aliphatic hydroxyl groups is 1. The van der Waals surface area contributed by atoms with Crippen molar-refractivity contribution >= 4 is 5.91 Å². The molecule has 1 aromatic carbocycles. The second-order valence-electron chi connectivity index (χ2n) is 5.07.